The number of hydrogen-bond acceptors (Lipinski definition) is 3. The summed E-state index contributed by atoms with van der Waals surface area (Å²) in [6.07, 6.45) is 1.61. The van der Waals surface area contributed by atoms with Gasteiger partial charge >= 0.3 is 0 Å². The van der Waals surface area contributed by atoms with Gasteiger partial charge in [-0.3, -0.25) is 0 Å². The first-order valence-electron chi connectivity index (χ1n) is 5.06. The summed E-state index contributed by atoms with van der Waals surface area (Å²) in [6.45, 7) is 1.77. The fraction of sp³-hybridized carbons (Fsp3) is 0.455. The van der Waals surface area contributed by atoms with E-state index < -0.39 is 21.1 Å². The van der Waals surface area contributed by atoms with Crippen LogP contribution in [0.3, 0.4) is 0 Å². The van der Waals surface area contributed by atoms with Crippen molar-refractivity contribution in [1.29, 1.82) is 0 Å². The van der Waals surface area contributed by atoms with Gasteiger partial charge in [0.1, 0.15) is 5.82 Å². The Morgan fingerprint density at radius 1 is 1.31 bits per heavy atom. The lowest BCUT2D eigenvalue weighted by Crippen LogP contribution is -2.32. The molecule has 2 atom stereocenters. The summed E-state index contributed by atoms with van der Waals surface area (Å²) in [6, 6.07) is 5.00. The maximum absolute atomic E-state index is 12.7. The van der Waals surface area contributed by atoms with Crippen LogP contribution in [-0.2, 0) is 9.84 Å². The molecule has 0 aliphatic heterocycles. The van der Waals surface area contributed by atoms with Crippen LogP contribution in [0.1, 0.15) is 24.9 Å². The van der Waals surface area contributed by atoms with Crippen LogP contribution in [0.5, 0.6) is 0 Å². The average Bonchev–Trinajstić information content (AvgIpc) is 2.17. The van der Waals surface area contributed by atoms with Crippen LogP contribution in [0, 0.1) is 5.82 Å². The van der Waals surface area contributed by atoms with E-state index in [0.29, 0.717) is 12.0 Å². The molecule has 0 spiro atoms. The van der Waals surface area contributed by atoms with Crippen molar-refractivity contribution >= 4 is 9.84 Å². The van der Waals surface area contributed by atoms with E-state index in [1.54, 1.807) is 6.92 Å². The Labute approximate surface area is 95.4 Å². The molecule has 0 heterocycles. The Balaban J connectivity index is 3.00. The molecular formula is C11H16FNO2S. The first kappa shape index (κ1) is 13.1. The van der Waals surface area contributed by atoms with Crippen LogP contribution in [0.2, 0.25) is 0 Å². The summed E-state index contributed by atoms with van der Waals surface area (Å²) in [5, 5.41) is -0.627. The van der Waals surface area contributed by atoms with Crippen LogP contribution in [0.15, 0.2) is 24.3 Å². The van der Waals surface area contributed by atoms with E-state index in [4.69, 9.17) is 5.73 Å². The molecule has 0 saturated heterocycles. The smallest absolute Gasteiger partial charge is 0.152 e. The van der Waals surface area contributed by atoms with Crippen molar-refractivity contribution < 1.29 is 12.8 Å². The van der Waals surface area contributed by atoms with Gasteiger partial charge in [-0.1, -0.05) is 19.1 Å². The fourth-order valence-corrected chi connectivity index (χ4v) is 3.02. The first-order valence-corrected chi connectivity index (χ1v) is 7.01. The predicted molar refractivity (Wildman–Crippen MR) is 62.3 cm³/mol. The molecule has 0 saturated carbocycles. The number of benzene rings is 1. The molecule has 1 rings (SSSR count). The van der Waals surface area contributed by atoms with Gasteiger partial charge < -0.3 is 5.73 Å². The van der Waals surface area contributed by atoms with Gasteiger partial charge in [0.15, 0.2) is 9.84 Å². The summed E-state index contributed by atoms with van der Waals surface area (Å²) < 4.78 is 35.7. The van der Waals surface area contributed by atoms with Gasteiger partial charge in [-0.05, 0) is 24.1 Å². The second kappa shape index (κ2) is 4.93. The third kappa shape index (κ3) is 3.02. The summed E-state index contributed by atoms with van der Waals surface area (Å²) >= 11 is 0. The molecule has 1 aromatic rings. The standard InChI is InChI=1S/C11H16FNO2S/c1-3-10(16(2,14)15)11(13)8-4-6-9(12)7-5-8/h4-7,10-11H,3,13H2,1-2H3/t10-,11+/m0/s1. The molecule has 0 amide bonds. The number of rotatable bonds is 4. The SMILES string of the molecule is CC[C@@H]([C@H](N)c1ccc(F)cc1)S(C)(=O)=O. The van der Waals surface area contributed by atoms with Crippen LogP contribution >= 0.6 is 0 Å². The van der Waals surface area contributed by atoms with Crippen molar-refractivity contribution in [2.75, 3.05) is 6.26 Å². The maximum Gasteiger partial charge on any atom is 0.152 e. The first-order chi connectivity index (χ1) is 7.36. The molecule has 0 fully saturated rings. The predicted octanol–water partition coefficient (Wildman–Crippen LogP) is 1.65. The van der Waals surface area contributed by atoms with Gasteiger partial charge in [-0.25, -0.2) is 12.8 Å². The van der Waals surface area contributed by atoms with Crippen molar-refractivity contribution in [2.24, 2.45) is 5.73 Å². The lowest BCUT2D eigenvalue weighted by atomic mass is 10.0. The van der Waals surface area contributed by atoms with Crippen LogP contribution in [-0.4, -0.2) is 19.9 Å². The number of hydrogen-bond donors (Lipinski definition) is 1. The highest BCUT2D eigenvalue weighted by atomic mass is 32.2. The number of nitrogens with two attached hydrogens (primary N) is 1. The summed E-state index contributed by atoms with van der Waals surface area (Å²) in [5.41, 5.74) is 6.52. The van der Waals surface area contributed by atoms with E-state index >= 15 is 0 Å². The molecule has 3 nitrogen and oxygen atoms in total. The molecule has 0 aliphatic rings. The van der Waals surface area contributed by atoms with Crippen molar-refractivity contribution in [3.8, 4) is 0 Å². The highest BCUT2D eigenvalue weighted by molar-refractivity contribution is 7.91. The molecule has 0 bridgehead atoms. The van der Waals surface area contributed by atoms with Gasteiger partial charge in [-0.2, -0.15) is 0 Å². The minimum atomic E-state index is -3.19. The Morgan fingerprint density at radius 2 is 1.81 bits per heavy atom. The Kier molecular flexibility index (Phi) is 4.04. The monoisotopic (exact) mass is 245 g/mol. The van der Waals surface area contributed by atoms with E-state index in [9.17, 15) is 12.8 Å². The summed E-state index contributed by atoms with van der Waals surface area (Å²) in [4.78, 5) is 0. The average molecular weight is 245 g/mol. The third-order valence-electron chi connectivity index (χ3n) is 2.61. The normalized spacial score (nSPS) is 15.8. The number of halogens is 1. The summed E-state index contributed by atoms with van der Waals surface area (Å²) in [7, 11) is -3.19. The van der Waals surface area contributed by atoms with Crippen molar-refractivity contribution in [3.05, 3.63) is 35.6 Å². The van der Waals surface area contributed by atoms with Crippen molar-refractivity contribution in [2.45, 2.75) is 24.6 Å². The zero-order chi connectivity index (χ0) is 12.3. The lowest BCUT2D eigenvalue weighted by Gasteiger charge is -2.21. The molecule has 0 aromatic heterocycles. The minimum absolute atomic E-state index is 0.358. The molecule has 0 aliphatic carbocycles. The highest BCUT2D eigenvalue weighted by Gasteiger charge is 2.26. The zero-order valence-corrected chi connectivity index (χ0v) is 10.2. The molecule has 90 valence electrons. The van der Waals surface area contributed by atoms with Crippen molar-refractivity contribution in [1.82, 2.24) is 0 Å². The molecular weight excluding hydrogens is 229 g/mol. The molecule has 5 heteroatoms. The topological polar surface area (TPSA) is 60.2 Å². The van der Waals surface area contributed by atoms with E-state index in [1.807, 2.05) is 0 Å². The van der Waals surface area contributed by atoms with Crippen molar-refractivity contribution in [3.63, 3.8) is 0 Å². The Bertz CT molecular complexity index is 442. The third-order valence-corrected chi connectivity index (χ3v) is 4.33. The lowest BCUT2D eigenvalue weighted by molar-refractivity contribution is 0.552. The van der Waals surface area contributed by atoms with Gasteiger partial charge in [0.05, 0.1) is 5.25 Å². The highest BCUT2D eigenvalue weighted by Crippen LogP contribution is 2.22. The summed E-state index contributed by atoms with van der Waals surface area (Å²) in [5.74, 6) is -0.358. The van der Waals surface area contributed by atoms with Crippen LogP contribution in [0.25, 0.3) is 0 Å². The largest absolute Gasteiger partial charge is 0.323 e. The van der Waals surface area contributed by atoms with Crippen LogP contribution in [0.4, 0.5) is 4.39 Å². The molecule has 0 unspecified atom stereocenters. The molecule has 16 heavy (non-hydrogen) atoms. The van der Waals surface area contributed by atoms with Gasteiger partial charge in [0.25, 0.3) is 0 Å². The molecule has 1 aromatic carbocycles. The number of sulfone groups is 1. The Hall–Kier alpha value is -0.940. The Morgan fingerprint density at radius 3 is 2.19 bits per heavy atom. The van der Waals surface area contributed by atoms with Gasteiger partial charge in [0.2, 0.25) is 0 Å². The van der Waals surface area contributed by atoms with Gasteiger partial charge in [-0.15, -0.1) is 0 Å². The quantitative estimate of drug-likeness (QED) is 0.877. The zero-order valence-electron chi connectivity index (χ0n) is 9.35. The van der Waals surface area contributed by atoms with Crippen LogP contribution < -0.4 is 5.73 Å². The van der Waals surface area contributed by atoms with Gasteiger partial charge in [0, 0.05) is 12.3 Å². The molecule has 2 N–H and O–H groups in total. The molecule has 0 radical (unpaired) electrons. The second-order valence-corrected chi connectivity index (χ2v) is 6.12. The van der Waals surface area contributed by atoms with E-state index in [0.717, 1.165) is 0 Å². The fourth-order valence-electron chi connectivity index (χ4n) is 1.72. The van der Waals surface area contributed by atoms with E-state index in [-0.39, 0.29) is 5.82 Å². The second-order valence-electron chi connectivity index (χ2n) is 3.85. The van der Waals surface area contributed by atoms with E-state index in [2.05, 4.69) is 0 Å². The maximum atomic E-state index is 12.7. The minimum Gasteiger partial charge on any atom is -0.323 e. The van der Waals surface area contributed by atoms with E-state index in [1.165, 1.54) is 30.5 Å².